The van der Waals surface area contributed by atoms with Gasteiger partial charge in [0.05, 0.1) is 6.42 Å². The highest BCUT2D eigenvalue weighted by Gasteiger charge is 2.04. The summed E-state index contributed by atoms with van der Waals surface area (Å²) in [6.07, 6.45) is 2.27. The van der Waals surface area contributed by atoms with E-state index in [2.05, 4.69) is 4.99 Å². The number of hydrogen-bond acceptors (Lipinski definition) is 3. The fourth-order valence-electron chi connectivity index (χ4n) is 1.55. The Bertz CT molecular complexity index is 513. The van der Waals surface area contributed by atoms with Gasteiger partial charge in [-0.05, 0) is 17.7 Å². The number of nitriles is 1. The van der Waals surface area contributed by atoms with Crippen molar-refractivity contribution >= 4 is 5.90 Å². The molecule has 18 heavy (non-hydrogen) atoms. The van der Waals surface area contributed by atoms with Crippen molar-refractivity contribution in [2.24, 2.45) is 4.99 Å². The Morgan fingerprint density at radius 2 is 1.61 bits per heavy atom. The van der Waals surface area contributed by atoms with Crippen LogP contribution in [0.2, 0.25) is 0 Å². The summed E-state index contributed by atoms with van der Waals surface area (Å²) in [6.45, 7) is 0. The van der Waals surface area contributed by atoms with Gasteiger partial charge >= 0.3 is 0 Å². The summed E-state index contributed by atoms with van der Waals surface area (Å²) in [5.41, 5.74) is 1.06. The van der Waals surface area contributed by atoms with Crippen molar-refractivity contribution < 1.29 is 4.74 Å². The summed E-state index contributed by atoms with van der Waals surface area (Å²) >= 11 is 0. The molecule has 0 saturated carbocycles. The number of para-hydroxylation sites is 1. The molecule has 0 bridgehead atoms. The first-order valence-corrected chi connectivity index (χ1v) is 5.61. The molecule has 0 unspecified atom stereocenters. The Labute approximate surface area is 106 Å². The van der Waals surface area contributed by atoms with Crippen LogP contribution in [-0.2, 0) is 6.42 Å². The zero-order valence-corrected chi connectivity index (χ0v) is 9.78. The lowest BCUT2D eigenvalue weighted by molar-refractivity contribution is 0.538. The second kappa shape index (κ2) is 6.21. The molecule has 0 aliphatic heterocycles. The lowest BCUT2D eigenvalue weighted by Crippen LogP contribution is -2.11. The molecule has 3 heteroatoms. The molecule has 3 nitrogen and oxygen atoms in total. The zero-order valence-electron chi connectivity index (χ0n) is 9.78. The number of aliphatic imine (C=N–C) groups is 1. The number of benzene rings is 2. The normalized spacial score (nSPS) is 10.7. The van der Waals surface area contributed by atoms with E-state index in [4.69, 9.17) is 10.00 Å². The molecule has 88 valence electrons. The van der Waals surface area contributed by atoms with E-state index in [9.17, 15) is 0 Å². The van der Waals surface area contributed by atoms with E-state index >= 15 is 0 Å². The molecule has 0 heterocycles. The Balaban J connectivity index is 2.11. The first-order chi connectivity index (χ1) is 8.88. The van der Waals surface area contributed by atoms with E-state index < -0.39 is 0 Å². The van der Waals surface area contributed by atoms with Crippen molar-refractivity contribution in [3.63, 3.8) is 0 Å². The van der Waals surface area contributed by atoms with Gasteiger partial charge in [0, 0.05) is 0 Å². The molecule has 0 spiro atoms. The standard InChI is InChI=1S/C15H12N2O/c16-12-17-15(11-13-7-3-1-4-8-13)18-14-9-5-2-6-10-14/h1-10H,11H2. The second-order valence-electron chi connectivity index (χ2n) is 3.68. The smallest absolute Gasteiger partial charge is 0.210 e. The van der Waals surface area contributed by atoms with Crippen molar-refractivity contribution in [3.05, 3.63) is 66.2 Å². The van der Waals surface area contributed by atoms with Gasteiger partial charge in [0.15, 0.2) is 0 Å². The third-order valence-electron chi connectivity index (χ3n) is 2.35. The van der Waals surface area contributed by atoms with E-state index in [0.717, 1.165) is 5.56 Å². The molecule has 0 fully saturated rings. The predicted octanol–water partition coefficient (Wildman–Crippen LogP) is 3.19. The van der Waals surface area contributed by atoms with Crippen molar-refractivity contribution in [2.75, 3.05) is 0 Å². The maximum absolute atomic E-state index is 8.68. The summed E-state index contributed by atoms with van der Waals surface area (Å²) in [6, 6.07) is 19.1. The SMILES string of the molecule is N#CN=C(Cc1ccccc1)Oc1ccccc1. The Morgan fingerprint density at radius 3 is 2.22 bits per heavy atom. The molecule has 0 atom stereocenters. The minimum atomic E-state index is 0.398. The fraction of sp³-hybridized carbons (Fsp3) is 0.0667. The number of ether oxygens (including phenoxy) is 1. The largest absolute Gasteiger partial charge is 0.442 e. The van der Waals surface area contributed by atoms with Gasteiger partial charge < -0.3 is 4.74 Å². The van der Waals surface area contributed by atoms with Gasteiger partial charge in [-0.15, -0.1) is 4.99 Å². The molecular formula is C15H12N2O. The Morgan fingerprint density at radius 1 is 1.00 bits per heavy atom. The van der Waals surface area contributed by atoms with Gasteiger partial charge in [0.1, 0.15) is 5.75 Å². The molecule has 0 saturated heterocycles. The molecule has 0 N–H and O–H groups in total. The highest BCUT2D eigenvalue weighted by Crippen LogP contribution is 2.11. The Hall–Kier alpha value is -2.60. The molecule has 0 radical (unpaired) electrons. The van der Waals surface area contributed by atoms with E-state index in [1.165, 1.54) is 0 Å². The van der Waals surface area contributed by atoms with Crippen LogP contribution in [0, 0.1) is 11.5 Å². The van der Waals surface area contributed by atoms with Crippen LogP contribution < -0.4 is 4.74 Å². The highest BCUT2D eigenvalue weighted by molar-refractivity contribution is 5.81. The van der Waals surface area contributed by atoms with Gasteiger partial charge in [-0.2, -0.15) is 5.26 Å². The van der Waals surface area contributed by atoms with Crippen LogP contribution in [0.4, 0.5) is 0 Å². The van der Waals surface area contributed by atoms with Crippen LogP contribution in [0.3, 0.4) is 0 Å². The van der Waals surface area contributed by atoms with Gasteiger partial charge in [-0.1, -0.05) is 48.5 Å². The minimum absolute atomic E-state index is 0.398. The van der Waals surface area contributed by atoms with Gasteiger partial charge in [0.2, 0.25) is 12.1 Å². The average Bonchev–Trinajstić information content (AvgIpc) is 2.41. The van der Waals surface area contributed by atoms with Crippen LogP contribution in [0.25, 0.3) is 0 Å². The lowest BCUT2D eigenvalue weighted by Gasteiger charge is -2.07. The summed E-state index contributed by atoms with van der Waals surface area (Å²) < 4.78 is 5.59. The van der Waals surface area contributed by atoms with Crippen LogP contribution in [0.5, 0.6) is 5.75 Å². The summed E-state index contributed by atoms with van der Waals surface area (Å²) in [7, 11) is 0. The molecule has 2 aromatic carbocycles. The quantitative estimate of drug-likeness (QED) is 0.466. The van der Waals surface area contributed by atoms with Crippen molar-refractivity contribution in [2.45, 2.75) is 6.42 Å². The van der Waals surface area contributed by atoms with E-state index in [1.54, 1.807) is 6.19 Å². The summed E-state index contributed by atoms with van der Waals surface area (Å²) in [5.74, 6) is 1.08. The van der Waals surface area contributed by atoms with Crippen LogP contribution in [0.1, 0.15) is 5.56 Å². The summed E-state index contributed by atoms with van der Waals surface area (Å²) in [4.78, 5) is 3.71. The van der Waals surface area contributed by atoms with Crippen molar-refractivity contribution in [3.8, 4) is 11.9 Å². The number of hydrogen-bond donors (Lipinski definition) is 0. The Kier molecular flexibility index (Phi) is 4.10. The van der Waals surface area contributed by atoms with Gasteiger partial charge in [0.25, 0.3) is 0 Å². The van der Waals surface area contributed by atoms with Gasteiger partial charge in [-0.3, -0.25) is 0 Å². The number of nitrogens with zero attached hydrogens (tertiary/aromatic N) is 2. The molecule has 0 aromatic heterocycles. The van der Waals surface area contributed by atoms with Crippen molar-refractivity contribution in [1.82, 2.24) is 0 Å². The topological polar surface area (TPSA) is 45.4 Å². The zero-order chi connectivity index (χ0) is 12.6. The van der Waals surface area contributed by atoms with E-state index in [1.807, 2.05) is 60.7 Å². The third kappa shape index (κ3) is 3.46. The van der Waals surface area contributed by atoms with Crippen LogP contribution in [-0.4, -0.2) is 5.90 Å². The van der Waals surface area contributed by atoms with Crippen LogP contribution in [0.15, 0.2) is 65.7 Å². The van der Waals surface area contributed by atoms with Crippen LogP contribution >= 0.6 is 0 Å². The number of rotatable bonds is 3. The fourth-order valence-corrected chi connectivity index (χ4v) is 1.55. The molecule has 2 rings (SSSR count). The predicted molar refractivity (Wildman–Crippen MR) is 70.3 cm³/mol. The summed E-state index contributed by atoms with van der Waals surface area (Å²) in [5, 5.41) is 8.68. The maximum atomic E-state index is 8.68. The van der Waals surface area contributed by atoms with E-state index in [0.29, 0.717) is 18.1 Å². The molecule has 0 amide bonds. The van der Waals surface area contributed by atoms with Gasteiger partial charge in [-0.25, -0.2) is 0 Å². The van der Waals surface area contributed by atoms with E-state index in [-0.39, 0.29) is 0 Å². The minimum Gasteiger partial charge on any atom is -0.442 e. The third-order valence-corrected chi connectivity index (χ3v) is 2.35. The first kappa shape index (κ1) is 11.9. The maximum Gasteiger partial charge on any atom is 0.210 e. The lowest BCUT2D eigenvalue weighted by atomic mass is 10.1. The second-order valence-corrected chi connectivity index (χ2v) is 3.68. The average molecular weight is 236 g/mol. The first-order valence-electron chi connectivity index (χ1n) is 5.61. The highest BCUT2D eigenvalue weighted by atomic mass is 16.5. The molecule has 0 aliphatic carbocycles. The molecule has 0 aliphatic rings. The van der Waals surface area contributed by atoms with Crippen molar-refractivity contribution in [1.29, 1.82) is 5.26 Å². The monoisotopic (exact) mass is 236 g/mol. The molecular weight excluding hydrogens is 224 g/mol. The molecule has 2 aromatic rings.